The lowest BCUT2D eigenvalue weighted by Crippen LogP contribution is -2.17. The van der Waals surface area contributed by atoms with Gasteiger partial charge in [0.1, 0.15) is 0 Å². The van der Waals surface area contributed by atoms with E-state index in [-0.39, 0.29) is 6.10 Å². The van der Waals surface area contributed by atoms with Crippen molar-refractivity contribution in [1.29, 1.82) is 0 Å². The molecule has 0 atom stereocenters. The van der Waals surface area contributed by atoms with E-state index in [1.165, 1.54) is 0 Å². The number of tetrazole rings is 1. The van der Waals surface area contributed by atoms with E-state index >= 15 is 0 Å². The summed E-state index contributed by atoms with van der Waals surface area (Å²) in [6.45, 7) is 5.58. The number of benzene rings is 1. The van der Waals surface area contributed by atoms with Crippen molar-refractivity contribution in [2.75, 3.05) is 19.4 Å². The predicted octanol–water partition coefficient (Wildman–Crippen LogP) is 2.65. The maximum absolute atomic E-state index is 5.80. The molecule has 1 aromatic carbocycles. The third kappa shape index (κ3) is 5.35. The maximum atomic E-state index is 5.80. The quantitative estimate of drug-likeness (QED) is 0.498. The highest BCUT2D eigenvalue weighted by molar-refractivity contribution is 9.10. The Morgan fingerprint density at radius 3 is 2.79 bits per heavy atom. The fourth-order valence-electron chi connectivity index (χ4n) is 2.02. The van der Waals surface area contributed by atoms with Crippen molar-refractivity contribution in [2.24, 2.45) is 7.05 Å². The van der Waals surface area contributed by atoms with Crippen LogP contribution in [0, 0.1) is 0 Å². The molecule has 1 aromatic heterocycles. The first-order valence-corrected chi connectivity index (χ1v) is 9.38. The highest BCUT2D eigenvalue weighted by Gasteiger charge is 2.13. The first kappa shape index (κ1) is 19.0. The van der Waals surface area contributed by atoms with Crippen molar-refractivity contribution in [3.63, 3.8) is 0 Å². The lowest BCUT2D eigenvalue weighted by Gasteiger charge is -2.16. The molecule has 0 aliphatic rings. The number of aromatic nitrogens is 4. The number of nitrogens with zero attached hydrogens (tertiary/aromatic N) is 4. The number of aryl methyl sites for hydroxylation is 1. The van der Waals surface area contributed by atoms with Crippen LogP contribution in [0.1, 0.15) is 19.4 Å². The van der Waals surface area contributed by atoms with Gasteiger partial charge in [-0.2, -0.15) is 0 Å². The lowest BCUT2D eigenvalue weighted by molar-refractivity contribution is 0.228. The Labute approximate surface area is 154 Å². The lowest BCUT2D eigenvalue weighted by atomic mass is 10.2. The second kappa shape index (κ2) is 9.24. The molecule has 0 saturated heterocycles. The molecular formula is C15H22BrN5O2S. The van der Waals surface area contributed by atoms with Crippen LogP contribution < -0.4 is 14.8 Å². The Hall–Kier alpha value is -1.32. The van der Waals surface area contributed by atoms with Crippen molar-refractivity contribution < 1.29 is 9.47 Å². The van der Waals surface area contributed by atoms with Crippen LogP contribution in [-0.2, 0) is 13.6 Å². The minimum absolute atomic E-state index is 0.0892. The highest BCUT2D eigenvalue weighted by atomic mass is 79.9. The summed E-state index contributed by atoms with van der Waals surface area (Å²) in [6, 6.07) is 4.04. The van der Waals surface area contributed by atoms with Crippen LogP contribution in [0.5, 0.6) is 11.5 Å². The summed E-state index contributed by atoms with van der Waals surface area (Å²) in [4.78, 5) is 0. The zero-order valence-electron chi connectivity index (χ0n) is 14.2. The van der Waals surface area contributed by atoms with Gasteiger partial charge in [-0.3, -0.25) is 0 Å². The Kier molecular flexibility index (Phi) is 7.32. The SMILES string of the molecule is COc1cc(CNCCSc2nnnn2C)cc(Br)c1OC(C)C. The zero-order valence-corrected chi connectivity index (χ0v) is 16.6. The van der Waals surface area contributed by atoms with Gasteiger partial charge >= 0.3 is 0 Å². The number of hydrogen-bond donors (Lipinski definition) is 1. The molecule has 0 saturated carbocycles. The number of hydrogen-bond acceptors (Lipinski definition) is 7. The number of rotatable bonds is 9. The van der Waals surface area contributed by atoms with Gasteiger partial charge < -0.3 is 14.8 Å². The second-order valence-corrected chi connectivity index (χ2v) is 7.30. The van der Waals surface area contributed by atoms with E-state index in [4.69, 9.17) is 9.47 Å². The minimum Gasteiger partial charge on any atom is -0.493 e. The molecule has 9 heteroatoms. The molecule has 7 nitrogen and oxygen atoms in total. The average molecular weight is 416 g/mol. The first-order valence-electron chi connectivity index (χ1n) is 7.60. The third-order valence-corrected chi connectivity index (χ3v) is 4.66. The number of thioether (sulfide) groups is 1. The van der Waals surface area contributed by atoms with Gasteiger partial charge in [-0.05, 0) is 57.9 Å². The van der Waals surface area contributed by atoms with Crippen LogP contribution in [0.2, 0.25) is 0 Å². The van der Waals surface area contributed by atoms with Gasteiger partial charge in [-0.1, -0.05) is 11.8 Å². The fraction of sp³-hybridized carbons (Fsp3) is 0.533. The zero-order chi connectivity index (χ0) is 17.5. The topological polar surface area (TPSA) is 74.1 Å². The van der Waals surface area contributed by atoms with Crippen LogP contribution in [0.3, 0.4) is 0 Å². The minimum atomic E-state index is 0.0892. The van der Waals surface area contributed by atoms with Gasteiger partial charge in [-0.25, -0.2) is 4.68 Å². The van der Waals surface area contributed by atoms with Crippen molar-refractivity contribution >= 4 is 27.7 Å². The third-order valence-electron chi connectivity index (χ3n) is 3.06. The molecule has 2 rings (SSSR count). The molecule has 2 aromatic rings. The van der Waals surface area contributed by atoms with Crippen LogP contribution in [0.4, 0.5) is 0 Å². The van der Waals surface area contributed by atoms with E-state index in [2.05, 4.69) is 36.8 Å². The second-order valence-electron chi connectivity index (χ2n) is 5.39. The van der Waals surface area contributed by atoms with Crippen molar-refractivity contribution in [1.82, 2.24) is 25.5 Å². The van der Waals surface area contributed by atoms with E-state index in [0.29, 0.717) is 0 Å². The highest BCUT2D eigenvalue weighted by Crippen LogP contribution is 2.37. The molecule has 0 aliphatic carbocycles. The van der Waals surface area contributed by atoms with E-state index in [0.717, 1.165) is 45.5 Å². The van der Waals surface area contributed by atoms with E-state index in [9.17, 15) is 0 Å². The van der Waals surface area contributed by atoms with Crippen LogP contribution in [0.15, 0.2) is 21.8 Å². The van der Waals surface area contributed by atoms with Gasteiger partial charge in [0, 0.05) is 25.9 Å². The van der Waals surface area contributed by atoms with Gasteiger partial charge in [0.25, 0.3) is 0 Å². The molecule has 24 heavy (non-hydrogen) atoms. The monoisotopic (exact) mass is 415 g/mol. The summed E-state index contributed by atoms with van der Waals surface area (Å²) in [5.74, 6) is 2.36. The molecule has 0 radical (unpaired) electrons. The molecule has 0 amide bonds. The average Bonchev–Trinajstić information content (AvgIpc) is 2.94. The molecule has 0 bridgehead atoms. The van der Waals surface area contributed by atoms with E-state index < -0.39 is 0 Å². The van der Waals surface area contributed by atoms with Crippen molar-refractivity contribution in [3.05, 3.63) is 22.2 Å². The molecule has 1 N–H and O–H groups in total. The van der Waals surface area contributed by atoms with Crippen molar-refractivity contribution in [2.45, 2.75) is 31.7 Å². The fourth-order valence-corrected chi connectivity index (χ4v) is 3.35. The summed E-state index contributed by atoms with van der Waals surface area (Å²) in [5.41, 5.74) is 1.13. The Balaban J connectivity index is 1.86. The summed E-state index contributed by atoms with van der Waals surface area (Å²) >= 11 is 5.18. The van der Waals surface area contributed by atoms with Gasteiger partial charge in [0.05, 0.1) is 17.7 Å². The largest absolute Gasteiger partial charge is 0.493 e. The van der Waals surface area contributed by atoms with Crippen LogP contribution >= 0.6 is 27.7 Å². The van der Waals surface area contributed by atoms with E-state index in [1.54, 1.807) is 23.6 Å². The Bertz CT molecular complexity index is 665. The molecule has 132 valence electrons. The Morgan fingerprint density at radius 1 is 1.38 bits per heavy atom. The molecule has 0 aliphatic heterocycles. The van der Waals surface area contributed by atoms with Gasteiger partial charge in [0.2, 0.25) is 5.16 Å². The van der Waals surface area contributed by atoms with Gasteiger partial charge in [0.15, 0.2) is 11.5 Å². The standard InChI is InChI=1S/C15H22BrN5O2S/c1-10(2)23-14-12(16)7-11(8-13(14)22-4)9-17-5-6-24-15-18-19-20-21(15)3/h7-8,10,17H,5-6,9H2,1-4H3. The maximum Gasteiger partial charge on any atom is 0.209 e. The molecule has 0 unspecified atom stereocenters. The number of methoxy groups -OCH3 is 1. The number of halogens is 1. The Morgan fingerprint density at radius 2 is 2.17 bits per heavy atom. The molecular weight excluding hydrogens is 394 g/mol. The number of ether oxygens (including phenoxy) is 2. The normalized spacial score (nSPS) is 11.1. The van der Waals surface area contributed by atoms with Crippen LogP contribution in [-0.4, -0.2) is 45.7 Å². The predicted molar refractivity (Wildman–Crippen MR) is 97.7 cm³/mol. The summed E-state index contributed by atoms with van der Waals surface area (Å²) in [5, 5.41) is 15.6. The summed E-state index contributed by atoms with van der Waals surface area (Å²) in [7, 11) is 3.48. The summed E-state index contributed by atoms with van der Waals surface area (Å²) in [6.07, 6.45) is 0.0892. The number of nitrogens with one attached hydrogen (secondary N) is 1. The van der Waals surface area contributed by atoms with E-state index in [1.807, 2.05) is 33.0 Å². The molecule has 0 fully saturated rings. The molecule has 0 spiro atoms. The summed E-state index contributed by atoms with van der Waals surface area (Å²) < 4.78 is 13.8. The molecule has 1 heterocycles. The smallest absolute Gasteiger partial charge is 0.209 e. The first-order chi connectivity index (χ1) is 11.5. The van der Waals surface area contributed by atoms with Crippen LogP contribution in [0.25, 0.3) is 0 Å². The van der Waals surface area contributed by atoms with Crippen molar-refractivity contribution in [3.8, 4) is 11.5 Å². The van der Waals surface area contributed by atoms with Gasteiger partial charge in [-0.15, -0.1) is 5.10 Å².